The molecule has 0 radical (unpaired) electrons. The molecular weight excluding hydrogens is 284 g/mol. The first-order valence-electron chi connectivity index (χ1n) is 6.86. The van der Waals surface area contributed by atoms with Crippen LogP contribution in [0.1, 0.15) is 35.5 Å². The van der Waals surface area contributed by atoms with Crippen molar-refractivity contribution in [1.29, 1.82) is 0 Å². The van der Waals surface area contributed by atoms with Crippen molar-refractivity contribution in [3.05, 3.63) is 47.0 Å². The lowest BCUT2D eigenvalue weighted by molar-refractivity contribution is 0.0606. The van der Waals surface area contributed by atoms with Gasteiger partial charge < -0.3 is 10.1 Å². The van der Waals surface area contributed by atoms with Crippen LogP contribution >= 0.6 is 11.3 Å². The van der Waals surface area contributed by atoms with Gasteiger partial charge in [-0.1, -0.05) is 41.7 Å². The lowest BCUT2D eigenvalue weighted by Gasteiger charge is -2.26. The van der Waals surface area contributed by atoms with E-state index >= 15 is 0 Å². The molecule has 0 bridgehead atoms. The third-order valence-electron chi connectivity index (χ3n) is 3.22. The van der Waals surface area contributed by atoms with Crippen LogP contribution in [-0.4, -0.2) is 23.6 Å². The zero-order valence-corrected chi connectivity index (χ0v) is 13.4. The van der Waals surface area contributed by atoms with Crippen molar-refractivity contribution in [2.24, 2.45) is 0 Å². The molecule has 0 aliphatic carbocycles. The summed E-state index contributed by atoms with van der Waals surface area (Å²) in [5, 5.41) is 4.13. The zero-order chi connectivity index (χ0) is 15.3. The quantitative estimate of drug-likeness (QED) is 0.826. The van der Waals surface area contributed by atoms with Gasteiger partial charge in [0.25, 0.3) is 0 Å². The fourth-order valence-electron chi connectivity index (χ4n) is 1.98. The largest absolute Gasteiger partial charge is 0.465 e. The van der Waals surface area contributed by atoms with Gasteiger partial charge in [-0.2, -0.15) is 0 Å². The summed E-state index contributed by atoms with van der Waals surface area (Å²) in [5.41, 5.74) is 1.22. The maximum atomic E-state index is 11.4. The van der Waals surface area contributed by atoms with Crippen molar-refractivity contribution in [1.82, 2.24) is 4.98 Å². The van der Waals surface area contributed by atoms with E-state index in [1.165, 1.54) is 24.0 Å². The van der Waals surface area contributed by atoms with Crippen molar-refractivity contribution in [3.63, 3.8) is 0 Å². The van der Waals surface area contributed by atoms with Crippen LogP contribution in [0.25, 0.3) is 0 Å². The van der Waals surface area contributed by atoms with E-state index in [2.05, 4.69) is 53.2 Å². The van der Waals surface area contributed by atoms with Gasteiger partial charge in [-0.15, -0.1) is 0 Å². The van der Waals surface area contributed by atoms with E-state index in [-0.39, 0.29) is 11.5 Å². The van der Waals surface area contributed by atoms with E-state index in [0.29, 0.717) is 4.88 Å². The Bertz CT molecular complexity index is 593. The first kappa shape index (κ1) is 15.5. The number of methoxy groups -OCH3 is 1. The number of carbonyl (C=O) groups excluding carboxylic acids is 1. The molecule has 0 atom stereocenters. The molecule has 21 heavy (non-hydrogen) atoms. The minimum Gasteiger partial charge on any atom is -0.465 e. The third kappa shape index (κ3) is 4.56. The monoisotopic (exact) mass is 304 g/mol. The number of anilines is 1. The maximum absolute atomic E-state index is 11.4. The van der Waals surface area contributed by atoms with Crippen molar-refractivity contribution in [2.45, 2.75) is 32.2 Å². The van der Waals surface area contributed by atoms with Gasteiger partial charge in [0, 0.05) is 5.54 Å². The van der Waals surface area contributed by atoms with Gasteiger partial charge in [0.15, 0.2) is 5.13 Å². The topological polar surface area (TPSA) is 51.2 Å². The molecule has 1 heterocycles. The predicted octanol–water partition coefficient (Wildman–Crippen LogP) is 3.75. The van der Waals surface area contributed by atoms with Crippen LogP contribution in [0.15, 0.2) is 36.5 Å². The van der Waals surface area contributed by atoms with Gasteiger partial charge >= 0.3 is 5.97 Å². The van der Waals surface area contributed by atoms with Gasteiger partial charge in [0.05, 0.1) is 13.3 Å². The normalized spacial score (nSPS) is 11.2. The summed E-state index contributed by atoms with van der Waals surface area (Å²) in [5.74, 6) is -0.345. The number of esters is 1. The molecule has 2 aromatic rings. The summed E-state index contributed by atoms with van der Waals surface area (Å²) in [6, 6.07) is 10.4. The lowest BCUT2D eigenvalue weighted by Crippen LogP contribution is -2.31. The van der Waals surface area contributed by atoms with Crippen LogP contribution in [0, 0.1) is 0 Å². The highest BCUT2D eigenvalue weighted by Crippen LogP contribution is 2.25. The van der Waals surface area contributed by atoms with Crippen LogP contribution in [-0.2, 0) is 11.2 Å². The van der Waals surface area contributed by atoms with E-state index in [0.717, 1.165) is 18.0 Å². The maximum Gasteiger partial charge on any atom is 0.349 e. The second-order valence-electron chi connectivity index (χ2n) is 5.52. The molecule has 1 aromatic carbocycles. The summed E-state index contributed by atoms with van der Waals surface area (Å²) >= 11 is 1.32. The molecule has 4 nitrogen and oxygen atoms in total. The summed E-state index contributed by atoms with van der Waals surface area (Å²) < 4.78 is 4.69. The van der Waals surface area contributed by atoms with Gasteiger partial charge in [-0.3, -0.25) is 0 Å². The van der Waals surface area contributed by atoms with Crippen LogP contribution in [0.3, 0.4) is 0 Å². The standard InChI is InChI=1S/C16H20N2O2S/c1-16(2,10-9-12-7-5-4-6-8-12)18-15-17-11-13(21-15)14(19)20-3/h4-8,11H,9-10H2,1-3H3,(H,17,18). The highest BCUT2D eigenvalue weighted by atomic mass is 32.1. The van der Waals surface area contributed by atoms with Crippen LogP contribution < -0.4 is 5.32 Å². The molecule has 0 amide bonds. The summed E-state index contributed by atoms with van der Waals surface area (Å²) in [6.45, 7) is 4.27. The number of nitrogens with one attached hydrogen (secondary N) is 1. The molecule has 1 N–H and O–H groups in total. The average molecular weight is 304 g/mol. The molecule has 5 heteroatoms. The number of ether oxygens (including phenoxy) is 1. The number of hydrogen-bond acceptors (Lipinski definition) is 5. The molecule has 1 aromatic heterocycles. The molecular formula is C16H20N2O2S. The van der Waals surface area contributed by atoms with Crippen LogP contribution in [0.4, 0.5) is 5.13 Å². The summed E-state index contributed by atoms with van der Waals surface area (Å²) in [7, 11) is 1.37. The Morgan fingerprint density at radius 1 is 1.33 bits per heavy atom. The third-order valence-corrected chi connectivity index (χ3v) is 4.11. The van der Waals surface area contributed by atoms with E-state index < -0.39 is 0 Å². The Kier molecular flexibility index (Phi) is 4.96. The minimum absolute atomic E-state index is 0.0961. The number of carbonyl (C=O) groups is 1. The number of aromatic nitrogens is 1. The van der Waals surface area contributed by atoms with Crippen LogP contribution in [0.2, 0.25) is 0 Å². The summed E-state index contributed by atoms with van der Waals surface area (Å²) in [4.78, 5) is 16.2. The molecule has 0 aliphatic heterocycles. The van der Waals surface area contributed by atoms with E-state index in [9.17, 15) is 4.79 Å². The second kappa shape index (κ2) is 6.72. The molecule has 0 unspecified atom stereocenters. The Morgan fingerprint density at radius 3 is 2.71 bits per heavy atom. The van der Waals surface area contributed by atoms with Crippen molar-refractivity contribution < 1.29 is 9.53 Å². The average Bonchev–Trinajstić information content (AvgIpc) is 2.93. The molecule has 112 valence electrons. The Labute approximate surface area is 129 Å². The molecule has 0 aliphatic rings. The van der Waals surface area contributed by atoms with Crippen molar-refractivity contribution in [2.75, 3.05) is 12.4 Å². The number of rotatable bonds is 6. The van der Waals surface area contributed by atoms with Gasteiger partial charge in [-0.05, 0) is 32.3 Å². The van der Waals surface area contributed by atoms with E-state index in [4.69, 9.17) is 0 Å². The number of benzene rings is 1. The van der Waals surface area contributed by atoms with Gasteiger partial charge in [-0.25, -0.2) is 9.78 Å². The van der Waals surface area contributed by atoms with Gasteiger partial charge in [0.2, 0.25) is 0 Å². The summed E-state index contributed by atoms with van der Waals surface area (Å²) in [6.07, 6.45) is 3.52. The fraction of sp³-hybridized carbons (Fsp3) is 0.375. The van der Waals surface area contributed by atoms with Crippen molar-refractivity contribution >= 4 is 22.4 Å². The first-order valence-corrected chi connectivity index (χ1v) is 7.68. The number of thiazole rings is 1. The van der Waals surface area contributed by atoms with Gasteiger partial charge in [0.1, 0.15) is 4.88 Å². The number of hydrogen-bond donors (Lipinski definition) is 1. The highest BCUT2D eigenvalue weighted by molar-refractivity contribution is 7.17. The van der Waals surface area contributed by atoms with E-state index in [1.54, 1.807) is 6.20 Å². The Morgan fingerprint density at radius 2 is 2.05 bits per heavy atom. The lowest BCUT2D eigenvalue weighted by atomic mass is 9.95. The first-order chi connectivity index (χ1) is 10.00. The zero-order valence-electron chi connectivity index (χ0n) is 12.6. The minimum atomic E-state index is -0.345. The molecule has 0 saturated heterocycles. The molecule has 2 rings (SSSR count). The number of nitrogens with zero attached hydrogens (tertiary/aromatic N) is 1. The smallest absolute Gasteiger partial charge is 0.349 e. The SMILES string of the molecule is COC(=O)c1cnc(NC(C)(C)CCc2ccccc2)s1. The molecule has 0 saturated carbocycles. The van der Waals surface area contributed by atoms with Crippen LogP contribution in [0.5, 0.6) is 0 Å². The predicted molar refractivity (Wildman–Crippen MR) is 85.9 cm³/mol. The fourth-order valence-corrected chi connectivity index (χ4v) is 2.89. The molecule has 0 fully saturated rings. The van der Waals surface area contributed by atoms with E-state index in [1.807, 2.05) is 6.07 Å². The number of aryl methyl sites for hydroxylation is 1. The second-order valence-corrected chi connectivity index (χ2v) is 6.55. The Balaban J connectivity index is 1.94. The Hall–Kier alpha value is -1.88. The molecule has 0 spiro atoms. The van der Waals surface area contributed by atoms with Crippen molar-refractivity contribution in [3.8, 4) is 0 Å². The highest BCUT2D eigenvalue weighted by Gasteiger charge is 2.20.